The number of phenols is 1. The van der Waals surface area contributed by atoms with E-state index in [0.29, 0.717) is 69.6 Å². The van der Waals surface area contributed by atoms with Crippen LogP contribution < -0.4 is 15.0 Å². The molecule has 4 aromatic rings. The normalized spacial score (nSPS) is 30.8. The van der Waals surface area contributed by atoms with Gasteiger partial charge in [-0.1, -0.05) is 30.2 Å². The molecule has 234 valence electrons. The first-order valence-electron chi connectivity index (χ1n) is 16.2. The van der Waals surface area contributed by atoms with Gasteiger partial charge in [0.25, 0.3) is 0 Å². The van der Waals surface area contributed by atoms with Gasteiger partial charge < -0.3 is 20.1 Å². The minimum atomic E-state index is -0.880. The number of hydrogen-bond acceptors (Lipinski definition) is 8. The fourth-order valence-corrected chi connectivity index (χ4v) is 9.56. The van der Waals surface area contributed by atoms with E-state index in [2.05, 4.69) is 25.1 Å². The Morgan fingerprint density at radius 3 is 2.76 bits per heavy atom. The van der Waals surface area contributed by atoms with Crippen LogP contribution in [0.2, 0.25) is 5.02 Å². The molecule has 5 fully saturated rings. The molecule has 2 N–H and O–H groups in total. The Morgan fingerprint density at radius 2 is 1.91 bits per heavy atom. The number of piperazine rings is 1. The molecular weight excluding hydrogens is 598 g/mol. The molecule has 2 aromatic carbocycles. The van der Waals surface area contributed by atoms with E-state index in [0.717, 1.165) is 38.8 Å². The molecule has 4 saturated heterocycles. The van der Waals surface area contributed by atoms with Crippen molar-refractivity contribution < 1.29 is 18.6 Å². The van der Waals surface area contributed by atoms with Gasteiger partial charge in [0, 0.05) is 66.3 Å². The largest absolute Gasteiger partial charge is 0.508 e. The van der Waals surface area contributed by atoms with E-state index in [4.69, 9.17) is 21.3 Å². The van der Waals surface area contributed by atoms with Gasteiger partial charge in [0.2, 0.25) is 0 Å². The molecule has 4 aliphatic heterocycles. The van der Waals surface area contributed by atoms with E-state index in [9.17, 15) is 9.50 Å². The fraction of sp³-hybridized carbons (Fsp3) is 0.500. The summed E-state index contributed by atoms with van der Waals surface area (Å²) in [4.78, 5) is 18.7. The van der Waals surface area contributed by atoms with Crippen molar-refractivity contribution in [1.29, 1.82) is 0 Å². The lowest BCUT2D eigenvalue weighted by molar-refractivity contribution is 0.0832. The van der Waals surface area contributed by atoms with Gasteiger partial charge in [0.15, 0.2) is 5.82 Å². The van der Waals surface area contributed by atoms with E-state index in [-0.39, 0.29) is 35.1 Å². The average molecular weight is 633 g/mol. The molecule has 5 aliphatic rings. The predicted octanol–water partition coefficient (Wildman–Crippen LogP) is 6.02. The van der Waals surface area contributed by atoms with Crippen molar-refractivity contribution in [3.8, 4) is 23.0 Å². The number of anilines is 1. The zero-order valence-corrected chi connectivity index (χ0v) is 25.6. The number of aromatic hydroxyl groups is 1. The molecule has 0 spiro atoms. The second-order valence-corrected chi connectivity index (χ2v) is 14.2. The number of benzene rings is 2. The molecule has 2 bridgehead atoms. The summed E-state index contributed by atoms with van der Waals surface area (Å²) in [5.41, 5.74) is 0.129. The second kappa shape index (κ2) is 10.3. The summed E-state index contributed by atoms with van der Waals surface area (Å²) in [7, 11) is 0. The molecule has 45 heavy (non-hydrogen) atoms. The van der Waals surface area contributed by atoms with Crippen molar-refractivity contribution >= 4 is 39.1 Å². The van der Waals surface area contributed by atoms with Gasteiger partial charge in [-0.15, -0.1) is 0 Å². The van der Waals surface area contributed by atoms with Crippen LogP contribution in [0.5, 0.6) is 11.8 Å². The highest BCUT2D eigenvalue weighted by Crippen LogP contribution is 2.52. The summed E-state index contributed by atoms with van der Waals surface area (Å²) in [6, 6.07) is 9.59. The van der Waals surface area contributed by atoms with Crippen LogP contribution in [0.3, 0.4) is 0 Å². The minimum Gasteiger partial charge on any atom is -0.508 e. The molecule has 8 nitrogen and oxygen atoms in total. The van der Waals surface area contributed by atoms with Gasteiger partial charge in [-0.05, 0) is 61.6 Å². The predicted molar refractivity (Wildman–Crippen MR) is 169 cm³/mol. The highest BCUT2D eigenvalue weighted by molar-refractivity contribution is 6.36. The lowest BCUT2D eigenvalue weighted by Gasteiger charge is -2.35. The van der Waals surface area contributed by atoms with Gasteiger partial charge in [-0.2, -0.15) is 9.97 Å². The van der Waals surface area contributed by atoms with Gasteiger partial charge in [0.1, 0.15) is 35.6 Å². The number of rotatable bonds is 5. The quantitative estimate of drug-likeness (QED) is 0.276. The number of alkyl halides is 1. The van der Waals surface area contributed by atoms with E-state index in [1.165, 1.54) is 18.9 Å². The van der Waals surface area contributed by atoms with E-state index in [1.54, 1.807) is 24.4 Å². The maximum atomic E-state index is 16.8. The van der Waals surface area contributed by atoms with Gasteiger partial charge in [-0.3, -0.25) is 9.88 Å². The van der Waals surface area contributed by atoms with Crippen LogP contribution in [-0.2, 0) is 0 Å². The van der Waals surface area contributed by atoms with Gasteiger partial charge >= 0.3 is 6.01 Å². The molecular formula is C34H35ClF2N6O2. The number of nitrogens with zero attached hydrogens (tertiary/aromatic N) is 5. The number of ether oxygens (including phenoxy) is 1. The zero-order valence-electron chi connectivity index (χ0n) is 24.9. The highest BCUT2D eigenvalue weighted by Gasteiger charge is 2.58. The SMILES string of the molecule is Oc1cc(-c2ncc3c(N4CC5CCC(C4)N5)nc(OCC45CC(F)CN4C4CCCC4C5)nc3c2F)c2c(Cl)cccc2c1. The van der Waals surface area contributed by atoms with Crippen LogP contribution in [-0.4, -0.2) is 81.0 Å². The van der Waals surface area contributed by atoms with Crippen LogP contribution in [0, 0.1) is 11.7 Å². The summed E-state index contributed by atoms with van der Waals surface area (Å²) in [6.45, 7) is 2.19. The first-order valence-corrected chi connectivity index (χ1v) is 16.6. The highest BCUT2D eigenvalue weighted by atomic mass is 35.5. The third kappa shape index (κ3) is 4.47. The standard InChI is InChI=1S/C34H35ClF2N6O2/c35-26-5-1-3-18-9-23(44)10-24(28(18)26)30-29(37)31-25(13-38-30)32(42-15-21-7-8-22(16-42)39-21)41-33(40-31)45-17-34-11-19-4-2-6-27(19)43(34)14-20(36)12-34/h1,3,5,9-10,13,19-22,27,39,44H,2,4,6-8,11-12,14-17H2. The van der Waals surface area contributed by atoms with Crippen molar-refractivity contribution in [3.63, 3.8) is 0 Å². The van der Waals surface area contributed by atoms with E-state index >= 15 is 4.39 Å². The monoisotopic (exact) mass is 632 g/mol. The fourth-order valence-electron chi connectivity index (χ4n) is 9.28. The molecule has 0 radical (unpaired) electrons. The number of pyridine rings is 1. The Balaban J connectivity index is 1.15. The number of nitrogens with one attached hydrogen (secondary N) is 1. The van der Waals surface area contributed by atoms with Crippen molar-refractivity contribution in [1.82, 2.24) is 25.2 Å². The van der Waals surface area contributed by atoms with Crippen molar-refractivity contribution in [2.24, 2.45) is 5.92 Å². The third-order valence-corrected chi connectivity index (χ3v) is 11.4. The number of halogens is 3. The summed E-state index contributed by atoms with van der Waals surface area (Å²) < 4.78 is 38.1. The van der Waals surface area contributed by atoms with Gasteiger partial charge in [0.05, 0.1) is 10.9 Å². The van der Waals surface area contributed by atoms with Crippen LogP contribution >= 0.6 is 11.6 Å². The summed E-state index contributed by atoms with van der Waals surface area (Å²) in [5.74, 6) is 0.515. The minimum absolute atomic E-state index is 0.0161. The van der Waals surface area contributed by atoms with Gasteiger partial charge in [-0.25, -0.2) is 8.78 Å². The summed E-state index contributed by atoms with van der Waals surface area (Å²) in [6.07, 6.45) is 7.73. The lowest BCUT2D eigenvalue weighted by Crippen LogP contribution is -2.51. The molecule has 1 aliphatic carbocycles. The maximum Gasteiger partial charge on any atom is 0.319 e. The first kappa shape index (κ1) is 27.9. The summed E-state index contributed by atoms with van der Waals surface area (Å²) >= 11 is 6.59. The molecule has 1 saturated carbocycles. The maximum absolute atomic E-state index is 16.8. The van der Waals surface area contributed by atoms with Crippen LogP contribution in [0.15, 0.2) is 36.5 Å². The number of hydrogen-bond donors (Lipinski definition) is 2. The first-order chi connectivity index (χ1) is 21.8. The number of aromatic nitrogens is 3. The molecule has 6 unspecified atom stereocenters. The molecule has 6 atom stereocenters. The Hall–Kier alpha value is -3.34. The van der Waals surface area contributed by atoms with Crippen molar-refractivity contribution in [2.75, 3.05) is 31.1 Å². The average Bonchev–Trinajstić information content (AvgIpc) is 3.76. The lowest BCUT2D eigenvalue weighted by atomic mass is 9.89. The summed E-state index contributed by atoms with van der Waals surface area (Å²) in [5, 5.41) is 16.4. The molecule has 11 heteroatoms. The number of phenolic OH excluding ortho intramolecular Hbond substituents is 1. The Kier molecular flexibility index (Phi) is 6.41. The van der Waals surface area contributed by atoms with Crippen molar-refractivity contribution in [2.45, 2.75) is 74.8 Å². The molecule has 2 aromatic heterocycles. The van der Waals surface area contributed by atoms with Crippen LogP contribution in [0.25, 0.3) is 32.9 Å². The van der Waals surface area contributed by atoms with Crippen LogP contribution in [0.1, 0.15) is 44.9 Å². The Labute approximate surface area is 264 Å². The topological polar surface area (TPSA) is 86.6 Å². The Morgan fingerprint density at radius 1 is 1.07 bits per heavy atom. The second-order valence-electron chi connectivity index (χ2n) is 13.8. The molecule has 6 heterocycles. The zero-order chi connectivity index (χ0) is 30.4. The van der Waals surface area contributed by atoms with Crippen molar-refractivity contribution in [3.05, 3.63) is 47.4 Å². The van der Waals surface area contributed by atoms with E-state index < -0.39 is 12.0 Å². The number of fused-ring (bicyclic) bond motifs is 7. The molecule has 9 rings (SSSR count). The van der Waals surface area contributed by atoms with Crippen LogP contribution in [0.4, 0.5) is 14.6 Å². The van der Waals surface area contributed by atoms with E-state index in [1.807, 2.05) is 6.07 Å². The third-order valence-electron chi connectivity index (χ3n) is 11.1. The smallest absolute Gasteiger partial charge is 0.319 e. The Bertz CT molecular complexity index is 1830. The molecule has 0 amide bonds.